The van der Waals surface area contributed by atoms with E-state index in [1.807, 2.05) is 31.2 Å². The fraction of sp³-hybridized carbons (Fsp3) is 0.421. The van der Waals surface area contributed by atoms with Crippen LogP contribution < -0.4 is 5.32 Å². The molecule has 26 heavy (non-hydrogen) atoms. The van der Waals surface area contributed by atoms with Crippen LogP contribution in [0, 0.1) is 5.92 Å². The van der Waals surface area contributed by atoms with Crippen LogP contribution in [0.1, 0.15) is 29.4 Å². The Kier molecular flexibility index (Phi) is 5.93. The lowest BCUT2D eigenvalue weighted by Gasteiger charge is -2.17. The Bertz CT molecular complexity index is 772. The second-order valence-corrected chi connectivity index (χ2v) is 6.87. The molecule has 1 atom stereocenters. The van der Waals surface area contributed by atoms with Crippen molar-refractivity contribution in [3.05, 3.63) is 52.8 Å². The molecule has 0 radical (unpaired) electrons. The van der Waals surface area contributed by atoms with E-state index in [0.717, 1.165) is 12.0 Å². The van der Waals surface area contributed by atoms with Crippen LogP contribution in [-0.4, -0.2) is 46.1 Å². The first-order valence-corrected chi connectivity index (χ1v) is 9.29. The van der Waals surface area contributed by atoms with E-state index in [2.05, 4.69) is 10.4 Å². The number of carbonyl (C=O) groups is 2. The molecule has 0 saturated carbocycles. The van der Waals surface area contributed by atoms with Crippen LogP contribution in [-0.2, 0) is 17.8 Å². The molecule has 2 amide bonds. The number of nitrogens with one attached hydrogen (secondary N) is 1. The minimum absolute atomic E-state index is 0.0123. The number of amides is 2. The Morgan fingerprint density at radius 1 is 1.27 bits per heavy atom. The highest BCUT2D eigenvalue weighted by Gasteiger charge is 2.32. The molecule has 1 N–H and O–H groups in total. The van der Waals surface area contributed by atoms with E-state index in [0.29, 0.717) is 43.3 Å². The Hall–Kier alpha value is -2.34. The summed E-state index contributed by atoms with van der Waals surface area (Å²) in [4.78, 5) is 26.7. The van der Waals surface area contributed by atoms with Gasteiger partial charge in [0.05, 0.1) is 5.92 Å². The van der Waals surface area contributed by atoms with E-state index in [9.17, 15) is 9.59 Å². The number of hydrogen-bond donors (Lipinski definition) is 1. The van der Waals surface area contributed by atoms with Crippen molar-refractivity contribution in [2.45, 2.75) is 26.3 Å². The molecule has 1 aliphatic heterocycles. The second kappa shape index (κ2) is 8.36. The molecular weight excluding hydrogens is 352 g/mol. The van der Waals surface area contributed by atoms with Gasteiger partial charge >= 0.3 is 0 Å². The topological polar surface area (TPSA) is 67.2 Å². The van der Waals surface area contributed by atoms with E-state index >= 15 is 0 Å². The van der Waals surface area contributed by atoms with Crippen LogP contribution >= 0.6 is 11.6 Å². The van der Waals surface area contributed by atoms with Gasteiger partial charge in [-0.25, -0.2) is 0 Å². The summed E-state index contributed by atoms with van der Waals surface area (Å²) < 4.78 is 1.68. The van der Waals surface area contributed by atoms with Gasteiger partial charge in [0.25, 0.3) is 5.91 Å². The number of likely N-dealkylation sites (tertiary alicyclic amines) is 1. The maximum Gasteiger partial charge on any atom is 0.272 e. The molecule has 2 aromatic rings. The van der Waals surface area contributed by atoms with Crippen LogP contribution in [0.3, 0.4) is 0 Å². The van der Waals surface area contributed by atoms with Gasteiger partial charge in [0.2, 0.25) is 5.91 Å². The molecule has 6 nitrogen and oxygen atoms in total. The predicted octanol–water partition coefficient (Wildman–Crippen LogP) is 2.38. The minimum atomic E-state index is -0.151. The van der Waals surface area contributed by atoms with Crippen molar-refractivity contribution in [1.29, 1.82) is 0 Å². The lowest BCUT2D eigenvalue weighted by molar-refractivity contribution is -0.124. The van der Waals surface area contributed by atoms with Gasteiger partial charge in [-0.3, -0.25) is 14.3 Å². The van der Waals surface area contributed by atoms with Crippen molar-refractivity contribution in [2.24, 2.45) is 5.92 Å². The smallest absolute Gasteiger partial charge is 0.272 e. The van der Waals surface area contributed by atoms with E-state index < -0.39 is 0 Å². The highest BCUT2D eigenvalue weighted by atomic mass is 35.5. The normalized spacial score (nSPS) is 16.7. The van der Waals surface area contributed by atoms with Gasteiger partial charge < -0.3 is 10.2 Å². The molecule has 1 aromatic carbocycles. The third kappa shape index (κ3) is 4.25. The molecule has 1 fully saturated rings. The number of benzene rings is 1. The largest absolute Gasteiger partial charge is 0.355 e. The number of carbonyl (C=O) groups excluding carboxylic acids is 2. The van der Waals surface area contributed by atoms with E-state index in [-0.39, 0.29) is 17.7 Å². The first kappa shape index (κ1) is 18.5. The van der Waals surface area contributed by atoms with Crippen molar-refractivity contribution in [2.75, 3.05) is 19.6 Å². The number of aromatic nitrogens is 2. The summed E-state index contributed by atoms with van der Waals surface area (Å²) in [5.41, 5.74) is 1.71. The zero-order chi connectivity index (χ0) is 18.5. The monoisotopic (exact) mass is 374 g/mol. The second-order valence-electron chi connectivity index (χ2n) is 6.44. The fourth-order valence-corrected chi connectivity index (χ4v) is 3.34. The molecule has 3 rings (SSSR count). The van der Waals surface area contributed by atoms with Gasteiger partial charge in [0.15, 0.2) is 0 Å². The van der Waals surface area contributed by atoms with Crippen molar-refractivity contribution >= 4 is 23.4 Å². The summed E-state index contributed by atoms with van der Waals surface area (Å²) >= 11 is 5.87. The summed E-state index contributed by atoms with van der Waals surface area (Å²) in [6, 6.07) is 9.34. The molecule has 1 aromatic heterocycles. The van der Waals surface area contributed by atoms with Gasteiger partial charge in [-0.2, -0.15) is 5.10 Å². The maximum atomic E-state index is 12.6. The van der Waals surface area contributed by atoms with Crippen molar-refractivity contribution in [3.8, 4) is 0 Å². The first-order chi connectivity index (χ1) is 12.6. The van der Waals surface area contributed by atoms with Gasteiger partial charge in [0, 0.05) is 37.4 Å². The Morgan fingerprint density at radius 2 is 2.04 bits per heavy atom. The fourth-order valence-electron chi connectivity index (χ4n) is 3.21. The van der Waals surface area contributed by atoms with Crippen LogP contribution in [0.25, 0.3) is 0 Å². The van der Waals surface area contributed by atoms with Crippen molar-refractivity contribution in [1.82, 2.24) is 20.0 Å². The SMILES string of the molecule is CCn1nccc1C(=O)N1CCC(C(=O)NCCc2ccc(Cl)cc2)C1. The Labute approximate surface area is 158 Å². The number of aryl methyl sites for hydroxylation is 1. The van der Waals surface area contributed by atoms with E-state index in [1.54, 1.807) is 21.8 Å². The van der Waals surface area contributed by atoms with Crippen LogP contribution in [0.5, 0.6) is 0 Å². The summed E-state index contributed by atoms with van der Waals surface area (Å²) in [6.07, 6.45) is 3.08. The molecule has 0 bridgehead atoms. The third-order valence-electron chi connectivity index (χ3n) is 4.71. The highest BCUT2D eigenvalue weighted by Crippen LogP contribution is 2.19. The summed E-state index contributed by atoms with van der Waals surface area (Å²) in [7, 11) is 0. The molecule has 2 heterocycles. The lowest BCUT2D eigenvalue weighted by atomic mass is 10.1. The quantitative estimate of drug-likeness (QED) is 0.844. The molecular formula is C19H23ClN4O2. The number of hydrogen-bond acceptors (Lipinski definition) is 3. The standard InChI is InChI=1S/C19H23ClN4O2/c1-2-24-17(8-11-22-24)19(26)23-12-9-15(13-23)18(25)21-10-7-14-3-5-16(20)6-4-14/h3-6,8,11,15H,2,7,9-10,12-13H2,1H3,(H,21,25). The van der Waals surface area contributed by atoms with Crippen molar-refractivity contribution < 1.29 is 9.59 Å². The van der Waals surface area contributed by atoms with Gasteiger partial charge in [0.1, 0.15) is 5.69 Å². The molecule has 1 aliphatic rings. The summed E-state index contributed by atoms with van der Waals surface area (Å²) in [6.45, 7) is 4.23. The molecule has 0 aliphatic carbocycles. The average molecular weight is 375 g/mol. The summed E-state index contributed by atoms with van der Waals surface area (Å²) in [5, 5.41) is 7.82. The number of nitrogens with zero attached hydrogens (tertiary/aromatic N) is 3. The lowest BCUT2D eigenvalue weighted by Crippen LogP contribution is -2.36. The van der Waals surface area contributed by atoms with Gasteiger partial charge in [-0.1, -0.05) is 23.7 Å². The molecule has 1 saturated heterocycles. The third-order valence-corrected chi connectivity index (χ3v) is 4.96. The number of rotatable bonds is 6. The van der Waals surface area contributed by atoms with E-state index in [4.69, 9.17) is 11.6 Å². The first-order valence-electron chi connectivity index (χ1n) is 8.91. The Morgan fingerprint density at radius 3 is 2.77 bits per heavy atom. The molecule has 138 valence electrons. The van der Waals surface area contributed by atoms with E-state index in [1.165, 1.54) is 0 Å². The van der Waals surface area contributed by atoms with Crippen LogP contribution in [0.2, 0.25) is 5.02 Å². The molecule has 0 spiro atoms. The predicted molar refractivity (Wildman–Crippen MR) is 100 cm³/mol. The van der Waals surface area contributed by atoms with Crippen LogP contribution in [0.4, 0.5) is 0 Å². The summed E-state index contributed by atoms with van der Waals surface area (Å²) in [5.74, 6) is -0.193. The van der Waals surface area contributed by atoms with Crippen molar-refractivity contribution in [3.63, 3.8) is 0 Å². The zero-order valence-corrected chi connectivity index (χ0v) is 15.6. The minimum Gasteiger partial charge on any atom is -0.355 e. The average Bonchev–Trinajstić information content (AvgIpc) is 3.32. The van der Waals surface area contributed by atoms with Gasteiger partial charge in [-0.15, -0.1) is 0 Å². The van der Waals surface area contributed by atoms with Crippen LogP contribution in [0.15, 0.2) is 36.5 Å². The Balaban J connectivity index is 1.48. The molecule has 7 heteroatoms. The molecule has 1 unspecified atom stereocenters. The zero-order valence-electron chi connectivity index (χ0n) is 14.8. The number of halogens is 1. The maximum absolute atomic E-state index is 12.6. The van der Waals surface area contributed by atoms with Gasteiger partial charge in [-0.05, 0) is 43.5 Å². The highest BCUT2D eigenvalue weighted by molar-refractivity contribution is 6.30.